The van der Waals surface area contributed by atoms with Gasteiger partial charge in [0.1, 0.15) is 5.52 Å². The van der Waals surface area contributed by atoms with Crippen molar-refractivity contribution in [2.24, 2.45) is 0 Å². The number of thiazole rings is 1. The first-order valence-electron chi connectivity index (χ1n) is 9.60. The molecule has 0 unspecified atom stereocenters. The van der Waals surface area contributed by atoms with E-state index < -0.39 is 0 Å². The smallest absolute Gasteiger partial charge is 0.252 e. The molecule has 0 bridgehead atoms. The molecular formula is C22H22ClN3O2S. The molecule has 29 heavy (non-hydrogen) atoms. The summed E-state index contributed by atoms with van der Waals surface area (Å²) < 4.78 is 6.40. The van der Waals surface area contributed by atoms with Crippen LogP contribution in [-0.4, -0.2) is 55.2 Å². The minimum Gasteiger partial charge on any atom is -0.379 e. The lowest BCUT2D eigenvalue weighted by atomic mass is 10.2. The van der Waals surface area contributed by atoms with Crippen molar-refractivity contribution in [3.05, 3.63) is 65.2 Å². The normalized spacial score (nSPS) is 15.2. The molecule has 0 radical (unpaired) electrons. The Hall–Kier alpha value is -2.25. The van der Waals surface area contributed by atoms with Gasteiger partial charge in [0.05, 0.1) is 22.9 Å². The molecule has 1 amide bonds. The Morgan fingerprint density at radius 3 is 2.72 bits per heavy atom. The number of carbonyl (C=O) groups excluding carboxylic acids is 1. The van der Waals surface area contributed by atoms with Gasteiger partial charge in [-0.15, -0.1) is 0 Å². The predicted octanol–water partition coefficient (Wildman–Crippen LogP) is 4.33. The summed E-state index contributed by atoms with van der Waals surface area (Å²) in [6, 6.07) is 15.5. The zero-order chi connectivity index (χ0) is 20.1. The zero-order valence-electron chi connectivity index (χ0n) is 16.0. The quantitative estimate of drug-likeness (QED) is 0.549. The van der Waals surface area contributed by atoms with E-state index in [4.69, 9.17) is 16.3 Å². The molecule has 4 rings (SSSR count). The van der Waals surface area contributed by atoms with Crippen molar-refractivity contribution >= 4 is 50.3 Å². The molecule has 2 heterocycles. The maximum absolute atomic E-state index is 13.1. The maximum Gasteiger partial charge on any atom is 0.252 e. The van der Waals surface area contributed by atoms with E-state index in [1.807, 2.05) is 54.6 Å². The first kappa shape index (κ1) is 20.0. The second-order valence-electron chi connectivity index (χ2n) is 6.77. The Kier molecular flexibility index (Phi) is 6.56. The van der Waals surface area contributed by atoms with Crippen molar-refractivity contribution in [2.45, 2.75) is 0 Å². The van der Waals surface area contributed by atoms with Gasteiger partial charge in [-0.1, -0.05) is 59.3 Å². The molecule has 1 aliphatic heterocycles. The fraction of sp³-hybridized carbons (Fsp3) is 0.273. The van der Waals surface area contributed by atoms with Crippen LogP contribution in [0, 0.1) is 0 Å². The Morgan fingerprint density at radius 2 is 1.97 bits per heavy atom. The van der Waals surface area contributed by atoms with Gasteiger partial charge in [-0.25, -0.2) is 4.98 Å². The molecule has 0 aliphatic carbocycles. The third kappa shape index (κ3) is 5.03. The van der Waals surface area contributed by atoms with Gasteiger partial charge in [0, 0.05) is 32.3 Å². The number of halogens is 1. The van der Waals surface area contributed by atoms with Crippen LogP contribution in [0.2, 0.25) is 5.02 Å². The van der Waals surface area contributed by atoms with Crippen LogP contribution in [0.5, 0.6) is 0 Å². The molecule has 2 aromatic carbocycles. The standard InChI is InChI=1S/C22H22ClN3O2S/c23-18-7-4-8-19-21(18)24-22(29-19)26(12-11-25-13-15-28-16-14-25)20(27)10-9-17-5-2-1-3-6-17/h1-10H,11-16H2/b10-9+. The summed E-state index contributed by atoms with van der Waals surface area (Å²) in [5.74, 6) is -0.0858. The summed E-state index contributed by atoms with van der Waals surface area (Å²) in [7, 11) is 0. The van der Waals surface area contributed by atoms with Crippen molar-refractivity contribution < 1.29 is 9.53 Å². The average molecular weight is 428 g/mol. The van der Waals surface area contributed by atoms with Crippen molar-refractivity contribution in [2.75, 3.05) is 44.3 Å². The van der Waals surface area contributed by atoms with E-state index in [0.717, 1.165) is 48.6 Å². The molecule has 3 aromatic rings. The second kappa shape index (κ2) is 9.50. The highest BCUT2D eigenvalue weighted by molar-refractivity contribution is 7.22. The third-order valence-corrected chi connectivity index (χ3v) is 6.17. The molecule has 1 aliphatic rings. The van der Waals surface area contributed by atoms with Gasteiger partial charge in [-0.05, 0) is 23.8 Å². The highest BCUT2D eigenvalue weighted by atomic mass is 35.5. The van der Waals surface area contributed by atoms with Crippen LogP contribution in [0.25, 0.3) is 16.3 Å². The fourth-order valence-corrected chi connectivity index (χ4v) is 4.50. The van der Waals surface area contributed by atoms with Crippen molar-refractivity contribution in [3.63, 3.8) is 0 Å². The zero-order valence-corrected chi connectivity index (χ0v) is 17.5. The number of hydrogen-bond donors (Lipinski definition) is 0. The number of hydrogen-bond acceptors (Lipinski definition) is 5. The minimum atomic E-state index is -0.0858. The molecule has 150 valence electrons. The predicted molar refractivity (Wildman–Crippen MR) is 120 cm³/mol. The number of ether oxygens (including phenoxy) is 1. The van der Waals surface area contributed by atoms with Crippen molar-refractivity contribution in [1.29, 1.82) is 0 Å². The summed E-state index contributed by atoms with van der Waals surface area (Å²) in [6.07, 6.45) is 3.45. The summed E-state index contributed by atoms with van der Waals surface area (Å²) in [5.41, 5.74) is 1.73. The highest BCUT2D eigenvalue weighted by Gasteiger charge is 2.20. The number of carbonyl (C=O) groups is 1. The van der Waals surface area contributed by atoms with E-state index in [1.165, 1.54) is 11.3 Å². The first-order chi connectivity index (χ1) is 14.2. The van der Waals surface area contributed by atoms with Crippen LogP contribution < -0.4 is 4.90 Å². The van der Waals surface area contributed by atoms with E-state index in [-0.39, 0.29) is 5.91 Å². The minimum absolute atomic E-state index is 0.0858. The largest absolute Gasteiger partial charge is 0.379 e. The molecule has 7 heteroatoms. The van der Waals surface area contributed by atoms with E-state index in [9.17, 15) is 4.79 Å². The summed E-state index contributed by atoms with van der Waals surface area (Å²) in [5, 5.41) is 1.27. The summed E-state index contributed by atoms with van der Waals surface area (Å²) in [6.45, 7) is 4.58. The average Bonchev–Trinajstić information content (AvgIpc) is 3.19. The van der Waals surface area contributed by atoms with E-state index in [0.29, 0.717) is 16.7 Å². The van der Waals surface area contributed by atoms with Crippen LogP contribution in [0.15, 0.2) is 54.6 Å². The number of morpholine rings is 1. The Bertz CT molecular complexity index is 1000. The van der Waals surface area contributed by atoms with Gasteiger partial charge >= 0.3 is 0 Å². The Labute approximate surface area is 179 Å². The number of nitrogens with zero attached hydrogens (tertiary/aromatic N) is 3. The number of fused-ring (bicyclic) bond motifs is 1. The molecule has 0 spiro atoms. The molecule has 0 N–H and O–H groups in total. The lowest BCUT2D eigenvalue weighted by Crippen LogP contribution is -2.42. The topological polar surface area (TPSA) is 45.7 Å². The van der Waals surface area contributed by atoms with Crippen LogP contribution in [-0.2, 0) is 9.53 Å². The monoisotopic (exact) mass is 427 g/mol. The first-order valence-corrected chi connectivity index (χ1v) is 10.8. The summed E-state index contributed by atoms with van der Waals surface area (Å²) in [4.78, 5) is 21.8. The van der Waals surface area contributed by atoms with Crippen molar-refractivity contribution in [1.82, 2.24) is 9.88 Å². The maximum atomic E-state index is 13.1. The van der Waals surface area contributed by atoms with E-state index in [1.54, 1.807) is 11.0 Å². The number of aromatic nitrogens is 1. The number of rotatable bonds is 6. The van der Waals surface area contributed by atoms with Gasteiger partial charge in [0.2, 0.25) is 0 Å². The SMILES string of the molecule is O=C(/C=C/c1ccccc1)N(CCN1CCOCC1)c1nc2c(Cl)cccc2s1. The van der Waals surface area contributed by atoms with Crippen molar-refractivity contribution in [3.8, 4) is 0 Å². The molecule has 1 saturated heterocycles. The van der Waals surface area contributed by atoms with Crippen LogP contribution in [0.4, 0.5) is 5.13 Å². The van der Waals surface area contributed by atoms with Crippen LogP contribution in [0.1, 0.15) is 5.56 Å². The van der Waals surface area contributed by atoms with E-state index in [2.05, 4.69) is 9.88 Å². The van der Waals surface area contributed by atoms with Gasteiger partial charge in [0.15, 0.2) is 5.13 Å². The molecular weight excluding hydrogens is 406 g/mol. The number of anilines is 1. The van der Waals surface area contributed by atoms with Crippen LogP contribution >= 0.6 is 22.9 Å². The van der Waals surface area contributed by atoms with Gasteiger partial charge in [-0.2, -0.15) is 0 Å². The lowest BCUT2D eigenvalue weighted by Gasteiger charge is -2.28. The van der Waals surface area contributed by atoms with E-state index >= 15 is 0 Å². The number of benzene rings is 2. The van der Waals surface area contributed by atoms with Gasteiger partial charge in [-0.3, -0.25) is 14.6 Å². The number of para-hydroxylation sites is 1. The molecule has 1 aromatic heterocycles. The fourth-order valence-electron chi connectivity index (χ4n) is 3.21. The summed E-state index contributed by atoms with van der Waals surface area (Å²) >= 11 is 7.79. The molecule has 5 nitrogen and oxygen atoms in total. The molecule has 0 atom stereocenters. The second-order valence-corrected chi connectivity index (χ2v) is 8.19. The Morgan fingerprint density at radius 1 is 1.17 bits per heavy atom. The van der Waals surface area contributed by atoms with Gasteiger partial charge < -0.3 is 4.74 Å². The van der Waals surface area contributed by atoms with Gasteiger partial charge in [0.25, 0.3) is 5.91 Å². The third-order valence-electron chi connectivity index (χ3n) is 4.82. The molecule has 1 fully saturated rings. The highest BCUT2D eigenvalue weighted by Crippen LogP contribution is 2.33. The van der Waals surface area contributed by atoms with Crippen LogP contribution in [0.3, 0.4) is 0 Å². The lowest BCUT2D eigenvalue weighted by molar-refractivity contribution is -0.114. The number of amides is 1. The molecule has 0 saturated carbocycles. The Balaban J connectivity index is 1.57.